The van der Waals surface area contributed by atoms with Gasteiger partial charge in [0.15, 0.2) is 0 Å². The van der Waals surface area contributed by atoms with Gasteiger partial charge in [0.2, 0.25) is 0 Å². The molecule has 0 spiro atoms. The van der Waals surface area contributed by atoms with Gasteiger partial charge >= 0.3 is 0 Å². The summed E-state index contributed by atoms with van der Waals surface area (Å²) in [6, 6.07) is 5.34. The lowest BCUT2D eigenvalue weighted by molar-refractivity contribution is 0.114. The molecule has 0 aliphatic heterocycles. The second-order valence-corrected chi connectivity index (χ2v) is 4.78. The van der Waals surface area contributed by atoms with Crippen LogP contribution in [-0.2, 0) is 11.2 Å². The Morgan fingerprint density at radius 1 is 1.35 bits per heavy atom. The van der Waals surface area contributed by atoms with Crippen molar-refractivity contribution in [2.24, 2.45) is 0 Å². The molecule has 0 aliphatic carbocycles. The van der Waals surface area contributed by atoms with Crippen molar-refractivity contribution < 1.29 is 9.84 Å². The van der Waals surface area contributed by atoms with Gasteiger partial charge in [-0.1, -0.05) is 29.3 Å². The summed E-state index contributed by atoms with van der Waals surface area (Å²) in [4.78, 5) is 0. The number of halogens is 2. The van der Waals surface area contributed by atoms with Crippen molar-refractivity contribution in [1.29, 1.82) is 0 Å². The van der Waals surface area contributed by atoms with Crippen molar-refractivity contribution in [1.82, 2.24) is 0 Å². The lowest BCUT2D eigenvalue weighted by Crippen LogP contribution is -2.12. The van der Waals surface area contributed by atoms with Gasteiger partial charge in [-0.3, -0.25) is 0 Å². The number of aliphatic hydroxyl groups excluding tert-OH is 1. The molecule has 0 amide bonds. The number of aliphatic hydroxyl groups is 1. The number of hydrogen-bond donors (Lipinski definition) is 1. The Morgan fingerprint density at radius 2 is 2.12 bits per heavy atom. The maximum absolute atomic E-state index is 9.85. The second-order valence-electron chi connectivity index (χ2n) is 3.93. The average molecular weight is 277 g/mol. The summed E-state index contributed by atoms with van der Waals surface area (Å²) in [5.41, 5.74) is 0.931. The SMILES string of the molecule is CCOCCCC(O)Cc1ccc(Cl)cc1Cl. The Bertz CT molecular complexity index is 342. The molecule has 0 fully saturated rings. The van der Waals surface area contributed by atoms with Crippen molar-refractivity contribution in [3.05, 3.63) is 33.8 Å². The third kappa shape index (κ3) is 5.73. The standard InChI is InChI=1S/C13H18Cl2O2/c1-2-17-7-3-4-12(16)8-10-5-6-11(14)9-13(10)15/h5-6,9,12,16H,2-4,7-8H2,1H3. The molecule has 0 heterocycles. The molecule has 0 bridgehead atoms. The number of ether oxygens (including phenoxy) is 1. The molecule has 1 atom stereocenters. The summed E-state index contributed by atoms with van der Waals surface area (Å²) in [6.45, 7) is 3.38. The van der Waals surface area contributed by atoms with Gasteiger partial charge in [-0.05, 0) is 43.9 Å². The summed E-state index contributed by atoms with van der Waals surface area (Å²) >= 11 is 11.8. The Balaban J connectivity index is 2.37. The molecule has 0 radical (unpaired) electrons. The Kier molecular flexibility index (Phi) is 6.90. The topological polar surface area (TPSA) is 29.5 Å². The van der Waals surface area contributed by atoms with Gasteiger partial charge in [-0.2, -0.15) is 0 Å². The Hall–Kier alpha value is -0.280. The second kappa shape index (κ2) is 7.93. The first-order valence-electron chi connectivity index (χ1n) is 5.83. The van der Waals surface area contributed by atoms with E-state index in [9.17, 15) is 5.11 Å². The predicted octanol–water partition coefficient (Wildman–Crippen LogP) is 3.71. The van der Waals surface area contributed by atoms with Crippen LogP contribution in [0.5, 0.6) is 0 Å². The molecule has 1 aromatic rings. The van der Waals surface area contributed by atoms with Gasteiger partial charge in [-0.15, -0.1) is 0 Å². The van der Waals surface area contributed by atoms with E-state index in [1.54, 1.807) is 12.1 Å². The van der Waals surface area contributed by atoms with E-state index in [-0.39, 0.29) is 6.10 Å². The molecule has 96 valence electrons. The van der Waals surface area contributed by atoms with Crippen molar-refractivity contribution in [3.63, 3.8) is 0 Å². The van der Waals surface area contributed by atoms with Crippen molar-refractivity contribution >= 4 is 23.2 Å². The van der Waals surface area contributed by atoms with Crippen LogP contribution in [0.3, 0.4) is 0 Å². The summed E-state index contributed by atoms with van der Waals surface area (Å²) < 4.78 is 5.22. The third-order valence-electron chi connectivity index (χ3n) is 2.50. The van der Waals surface area contributed by atoms with Crippen LogP contribution in [-0.4, -0.2) is 24.4 Å². The highest BCUT2D eigenvalue weighted by atomic mass is 35.5. The van der Waals surface area contributed by atoms with Crippen LogP contribution >= 0.6 is 23.2 Å². The first-order valence-corrected chi connectivity index (χ1v) is 6.58. The largest absolute Gasteiger partial charge is 0.393 e. The fraction of sp³-hybridized carbons (Fsp3) is 0.538. The minimum atomic E-state index is -0.380. The minimum absolute atomic E-state index is 0.380. The van der Waals surface area contributed by atoms with Crippen LogP contribution in [0, 0.1) is 0 Å². The molecule has 1 aromatic carbocycles. The molecular formula is C13H18Cl2O2. The summed E-state index contributed by atoms with van der Waals surface area (Å²) in [7, 11) is 0. The van der Waals surface area contributed by atoms with Gasteiger partial charge in [0, 0.05) is 23.3 Å². The summed E-state index contributed by atoms with van der Waals surface area (Å²) in [5.74, 6) is 0. The molecule has 4 heteroatoms. The summed E-state index contributed by atoms with van der Waals surface area (Å²) in [6.07, 6.45) is 1.76. The molecule has 1 N–H and O–H groups in total. The molecule has 1 unspecified atom stereocenters. The summed E-state index contributed by atoms with van der Waals surface area (Å²) in [5, 5.41) is 11.1. The molecule has 0 saturated heterocycles. The maximum Gasteiger partial charge on any atom is 0.0581 e. The Labute approximate surface area is 113 Å². The van der Waals surface area contributed by atoms with Crippen LogP contribution in [0.15, 0.2) is 18.2 Å². The van der Waals surface area contributed by atoms with E-state index in [1.165, 1.54) is 0 Å². The van der Waals surface area contributed by atoms with Crippen molar-refractivity contribution in [3.8, 4) is 0 Å². The quantitative estimate of drug-likeness (QED) is 0.770. The molecule has 1 rings (SSSR count). The van der Waals surface area contributed by atoms with Gasteiger partial charge in [0.05, 0.1) is 6.10 Å². The molecule has 2 nitrogen and oxygen atoms in total. The van der Waals surface area contributed by atoms with Crippen LogP contribution in [0.1, 0.15) is 25.3 Å². The molecular weight excluding hydrogens is 259 g/mol. The van der Waals surface area contributed by atoms with Gasteiger partial charge in [-0.25, -0.2) is 0 Å². The first kappa shape index (κ1) is 14.8. The highest BCUT2D eigenvalue weighted by Crippen LogP contribution is 2.22. The maximum atomic E-state index is 9.85. The van der Waals surface area contributed by atoms with Crippen molar-refractivity contribution in [2.75, 3.05) is 13.2 Å². The van der Waals surface area contributed by atoms with E-state index in [0.29, 0.717) is 23.1 Å². The zero-order chi connectivity index (χ0) is 12.7. The van der Waals surface area contributed by atoms with E-state index in [4.69, 9.17) is 27.9 Å². The van der Waals surface area contributed by atoms with E-state index in [0.717, 1.165) is 25.0 Å². The van der Waals surface area contributed by atoms with E-state index in [2.05, 4.69) is 0 Å². The zero-order valence-electron chi connectivity index (χ0n) is 9.96. The Morgan fingerprint density at radius 3 is 2.76 bits per heavy atom. The van der Waals surface area contributed by atoms with Crippen LogP contribution < -0.4 is 0 Å². The average Bonchev–Trinajstić information content (AvgIpc) is 2.28. The fourth-order valence-corrected chi connectivity index (χ4v) is 2.09. The number of rotatable bonds is 7. The molecule has 17 heavy (non-hydrogen) atoms. The molecule has 0 aliphatic rings. The smallest absolute Gasteiger partial charge is 0.0581 e. The fourth-order valence-electron chi connectivity index (χ4n) is 1.61. The van der Waals surface area contributed by atoms with Crippen molar-refractivity contribution in [2.45, 2.75) is 32.3 Å². The van der Waals surface area contributed by atoms with E-state index in [1.807, 2.05) is 13.0 Å². The zero-order valence-corrected chi connectivity index (χ0v) is 11.5. The first-order chi connectivity index (χ1) is 8.13. The van der Waals surface area contributed by atoms with Gasteiger partial charge < -0.3 is 9.84 Å². The van der Waals surface area contributed by atoms with E-state index < -0.39 is 0 Å². The normalized spacial score (nSPS) is 12.7. The highest BCUT2D eigenvalue weighted by molar-refractivity contribution is 6.35. The lowest BCUT2D eigenvalue weighted by atomic mass is 10.0. The predicted molar refractivity (Wildman–Crippen MR) is 71.9 cm³/mol. The van der Waals surface area contributed by atoms with Crippen LogP contribution in [0.4, 0.5) is 0 Å². The number of benzene rings is 1. The van der Waals surface area contributed by atoms with E-state index >= 15 is 0 Å². The molecule has 0 aromatic heterocycles. The monoisotopic (exact) mass is 276 g/mol. The van der Waals surface area contributed by atoms with Crippen LogP contribution in [0.25, 0.3) is 0 Å². The van der Waals surface area contributed by atoms with Gasteiger partial charge in [0.1, 0.15) is 0 Å². The lowest BCUT2D eigenvalue weighted by Gasteiger charge is -2.11. The molecule has 0 saturated carbocycles. The van der Waals surface area contributed by atoms with Gasteiger partial charge in [0.25, 0.3) is 0 Å². The highest BCUT2D eigenvalue weighted by Gasteiger charge is 2.08. The number of hydrogen-bond acceptors (Lipinski definition) is 2. The minimum Gasteiger partial charge on any atom is -0.393 e. The van der Waals surface area contributed by atoms with Crippen LogP contribution in [0.2, 0.25) is 10.0 Å². The third-order valence-corrected chi connectivity index (χ3v) is 3.09.